The predicted molar refractivity (Wildman–Crippen MR) is 147 cm³/mol. The first kappa shape index (κ1) is 28.3. The summed E-state index contributed by atoms with van der Waals surface area (Å²) in [5.41, 5.74) is 0.794. The second kappa shape index (κ2) is 17.5. The van der Waals surface area contributed by atoms with Crippen LogP contribution in [0, 0.1) is 5.92 Å². The smallest absolute Gasteiger partial charge is 0.262 e. The second-order valence-corrected chi connectivity index (χ2v) is 10.2. The van der Waals surface area contributed by atoms with Gasteiger partial charge in [-0.2, -0.15) is 0 Å². The topological polar surface area (TPSA) is 38.3 Å². The number of hydrogen-bond donors (Lipinski definition) is 1. The van der Waals surface area contributed by atoms with Crippen LogP contribution in [-0.2, 0) is 9.53 Å². The van der Waals surface area contributed by atoms with E-state index in [0.29, 0.717) is 5.76 Å². The zero-order valence-corrected chi connectivity index (χ0v) is 21.4. The van der Waals surface area contributed by atoms with E-state index in [2.05, 4.69) is 32.3 Å². The summed E-state index contributed by atoms with van der Waals surface area (Å²) in [6.45, 7) is 11.3. The van der Waals surface area contributed by atoms with Crippen molar-refractivity contribution in [3.05, 3.63) is 61.6 Å². The lowest BCUT2D eigenvalue weighted by molar-refractivity contribution is -0.123. The second-order valence-electron chi connectivity index (χ2n) is 10.2. The van der Waals surface area contributed by atoms with Crippen LogP contribution in [0.5, 0.6) is 0 Å². The fourth-order valence-corrected chi connectivity index (χ4v) is 5.43. The van der Waals surface area contributed by atoms with E-state index < -0.39 is 0 Å². The van der Waals surface area contributed by atoms with Gasteiger partial charge < -0.3 is 10.1 Å². The largest absolute Gasteiger partial charge is 0.484 e. The van der Waals surface area contributed by atoms with Crippen LogP contribution in [0.3, 0.4) is 0 Å². The Balaban J connectivity index is 1.63. The minimum Gasteiger partial charge on any atom is -0.484 e. The Morgan fingerprint density at radius 1 is 0.882 bits per heavy atom. The first-order valence-corrected chi connectivity index (χ1v) is 13.7. The van der Waals surface area contributed by atoms with Crippen LogP contribution in [-0.4, -0.2) is 19.8 Å². The fourth-order valence-electron chi connectivity index (χ4n) is 5.43. The van der Waals surface area contributed by atoms with Crippen molar-refractivity contribution >= 4 is 13.2 Å². The third-order valence-corrected chi connectivity index (χ3v) is 7.29. The highest BCUT2D eigenvalue weighted by atomic mass is 16.5. The Labute approximate surface area is 210 Å². The zero-order valence-electron chi connectivity index (χ0n) is 21.4. The molecule has 187 valence electrons. The molecule has 0 aromatic heterocycles. The Kier molecular flexibility index (Phi) is 14.5. The van der Waals surface area contributed by atoms with Crippen LogP contribution in [0.25, 0.3) is 0 Å². The number of rotatable bonds is 12. The molecule has 3 nitrogen and oxygen atoms in total. The number of allylic oxidation sites excluding steroid dienone is 6. The molecule has 0 saturated heterocycles. The van der Waals surface area contributed by atoms with Crippen LogP contribution >= 0.6 is 0 Å². The van der Waals surface area contributed by atoms with E-state index in [0.717, 1.165) is 36.1 Å². The quantitative estimate of drug-likeness (QED) is 0.179. The van der Waals surface area contributed by atoms with Crippen molar-refractivity contribution in [1.82, 2.24) is 5.32 Å². The summed E-state index contributed by atoms with van der Waals surface area (Å²) in [6.07, 6.45) is 28.6. The van der Waals surface area contributed by atoms with Gasteiger partial charge in [0.25, 0.3) is 5.91 Å². The van der Waals surface area contributed by atoms with Crippen molar-refractivity contribution in [3.63, 3.8) is 0 Å². The van der Waals surface area contributed by atoms with Crippen LogP contribution < -0.4 is 5.32 Å². The molecule has 0 atom stereocenters. The van der Waals surface area contributed by atoms with Crippen molar-refractivity contribution in [1.29, 1.82) is 0 Å². The molecule has 4 heteroatoms. The molecule has 0 unspecified atom stereocenters. The number of nitrogens with one attached hydrogen (secondary N) is 1. The highest BCUT2D eigenvalue weighted by Gasteiger charge is 2.22. The molecule has 1 amide bonds. The lowest BCUT2D eigenvalue weighted by Crippen LogP contribution is -2.26. The Hall–Kier alpha value is -1.97. The van der Waals surface area contributed by atoms with Gasteiger partial charge in [0.05, 0.1) is 0 Å². The minimum atomic E-state index is -0.169. The Morgan fingerprint density at radius 3 is 2.12 bits per heavy atom. The molecule has 34 heavy (non-hydrogen) atoms. The molecule has 2 aliphatic carbocycles. The maximum atomic E-state index is 12.2. The number of carbonyl (C=O) groups is 1. The normalized spacial score (nSPS) is 23.1. The maximum absolute atomic E-state index is 12.2. The van der Waals surface area contributed by atoms with Crippen molar-refractivity contribution < 1.29 is 9.53 Å². The first-order chi connectivity index (χ1) is 16.6. The monoisotopic (exact) mass is 464 g/mol. The summed E-state index contributed by atoms with van der Waals surface area (Å²) in [5, 5.41) is 2.90. The molecule has 2 saturated carbocycles. The lowest BCUT2D eigenvalue weighted by atomic mass is 9.49. The minimum absolute atomic E-state index is 0.0392. The number of amides is 1. The molecule has 0 spiro atoms. The summed E-state index contributed by atoms with van der Waals surface area (Å²) in [5.74, 6) is 2.87. The molecule has 2 fully saturated rings. The molecule has 1 N–H and O–H groups in total. The SMILES string of the molecule is C=C/C=C\C(=C/C=C)OCC(=O)NC(=C)CCC1CCCC([B]C2CCCCCCC2)CCC1. The summed E-state index contributed by atoms with van der Waals surface area (Å²) < 4.78 is 5.55. The third-order valence-electron chi connectivity index (χ3n) is 7.29. The average Bonchev–Trinajstić information content (AvgIpc) is 2.78. The van der Waals surface area contributed by atoms with E-state index in [1.54, 1.807) is 30.4 Å². The first-order valence-electron chi connectivity index (χ1n) is 13.7. The average molecular weight is 465 g/mol. The standard InChI is InChI=1S/C30H47BNO2/c1-4-6-21-29(14-5-2)34-24-30(33)32-25(3)22-23-26-15-12-19-28(20-13-16-26)31-27-17-10-8-7-9-11-18-27/h4-6,14,21,26-28H,1-3,7-13,15-20,22-24H2,(H,32,33)/b21-6-,29-14+. The van der Waals surface area contributed by atoms with E-state index >= 15 is 0 Å². The molecule has 1 radical (unpaired) electrons. The molecule has 2 rings (SSSR count). The fraction of sp³-hybridized carbons (Fsp3) is 0.633. The van der Waals surface area contributed by atoms with Crippen molar-refractivity contribution in [2.45, 2.75) is 108 Å². The molecule has 0 bridgehead atoms. The molecule has 2 aliphatic rings. The van der Waals surface area contributed by atoms with E-state index in [1.807, 2.05) is 0 Å². The van der Waals surface area contributed by atoms with E-state index in [1.165, 1.54) is 83.5 Å². The third kappa shape index (κ3) is 12.5. The van der Waals surface area contributed by atoms with Crippen LogP contribution in [0.1, 0.15) is 96.3 Å². The summed E-state index contributed by atoms with van der Waals surface area (Å²) in [4.78, 5) is 12.2. The summed E-state index contributed by atoms with van der Waals surface area (Å²) >= 11 is 0. The van der Waals surface area contributed by atoms with Crippen molar-refractivity contribution in [3.8, 4) is 0 Å². The molecular formula is C30H47BNO2. The highest BCUT2D eigenvalue weighted by Crippen LogP contribution is 2.36. The summed E-state index contributed by atoms with van der Waals surface area (Å²) in [7, 11) is 2.76. The van der Waals surface area contributed by atoms with Gasteiger partial charge in [0.1, 0.15) is 13.0 Å². The van der Waals surface area contributed by atoms with Crippen molar-refractivity contribution in [2.75, 3.05) is 6.61 Å². The number of carbonyl (C=O) groups excluding carboxylic acids is 1. The molecule has 0 heterocycles. The predicted octanol–water partition coefficient (Wildman–Crippen LogP) is 8.22. The van der Waals surface area contributed by atoms with Gasteiger partial charge in [-0.05, 0) is 30.9 Å². The Bertz CT molecular complexity index is 678. The lowest BCUT2D eigenvalue weighted by Gasteiger charge is -2.28. The molecule has 0 aromatic carbocycles. The van der Waals surface area contributed by atoms with Crippen molar-refractivity contribution in [2.24, 2.45) is 5.92 Å². The zero-order chi connectivity index (χ0) is 24.4. The van der Waals surface area contributed by atoms with Crippen LogP contribution in [0.2, 0.25) is 11.6 Å². The highest BCUT2D eigenvalue weighted by molar-refractivity contribution is 6.39. The van der Waals surface area contributed by atoms with Gasteiger partial charge in [-0.1, -0.05) is 133 Å². The van der Waals surface area contributed by atoms with Gasteiger partial charge in [-0.3, -0.25) is 4.79 Å². The van der Waals surface area contributed by atoms with Crippen LogP contribution in [0.4, 0.5) is 0 Å². The van der Waals surface area contributed by atoms with E-state index in [9.17, 15) is 4.79 Å². The molecular weight excluding hydrogens is 417 g/mol. The van der Waals surface area contributed by atoms with E-state index in [4.69, 9.17) is 4.74 Å². The number of ether oxygens (including phenoxy) is 1. The molecule has 0 aliphatic heterocycles. The van der Waals surface area contributed by atoms with Crippen LogP contribution in [0.15, 0.2) is 61.6 Å². The van der Waals surface area contributed by atoms with Gasteiger partial charge >= 0.3 is 0 Å². The maximum Gasteiger partial charge on any atom is 0.262 e. The van der Waals surface area contributed by atoms with Gasteiger partial charge in [-0.15, -0.1) is 0 Å². The van der Waals surface area contributed by atoms with Gasteiger partial charge in [-0.25, -0.2) is 0 Å². The Morgan fingerprint density at radius 2 is 1.50 bits per heavy atom. The van der Waals surface area contributed by atoms with Gasteiger partial charge in [0, 0.05) is 5.70 Å². The van der Waals surface area contributed by atoms with Gasteiger partial charge in [0.15, 0.2) is 6.61 Å². The van der Waals surface area contributed by atoms with E-state index in [-0.39, 0.29) is 12.5 Å². The summed E-state index contributed by atoms with van der Waals surface area (Å²) in [6, 6.07) is 0. The molecule has 0 aromatic rings. The van der Waals surface area contributed by atoms with Gasteiger partial charge in [0.2, 0.25) is 0 Å². The number of hydrogen-bond acceptors (Lipinski definition) is 2.